The Kier molecular flexibility index (Phi) is 68.3. The van der Waals surface area contributed by atoms with Crippen molar-refractivity contribution in [3.05, 3.63) is 318 Å². The van der Waals surface area contributed by atoms with Gasteiger partial charge in [0.25, 0.3) is 0 Å². The van der Waals surface area contributed by atoms with E-state index in [4.69, 9.17) is 54.0 Å². The molecule has 0 amide bonds. The minimum absolute atomic E-state index is 0. The summed E-state index contributed by atoms with van der Waals surface area (Å²) in [6.07, 6.45) is 5.78. The number of carboxylic acids is 1. The number of methoxy groups -OCH3 is 2. The van der Waals surface area contributed by atoms with Crippen LogP contribution in [0.5, 0.6) is 0 Å². The molecule has 0 heterocycles. The van der Waals surface area contributed by atoms with E-state index in [0.717, 1.165) is 45.5 Å². The van der Waals surface area contributed by atoms with Gasteiger partial charge in [-0.2, -0.15) is 26.3 Å². The second-order valence-electron chi connectivity index (χ2n) is 22.2. The monoisotopic (exact) mass is 1760 g/mol. The number of ether oxygens (including phenoxy) is 2. The predicted molar refractivity (Wildman–Crippen MR) is 460 cm³/mol. The first-order chi connectivity index (χ1) is 54.2. The summed E-state index contributed by atoms with van der Waals surface area (Å²) >= 11 is 6.39. The number of benzene rings is 9. The molecule has 0 fully saturated rings. The normalized spacial score (nSPS) is 9.61. The van der Waals surface area contributed by atoms with E-state index in [-0.39, 0.29) is 102 Å². The van der Waals surface area contributed by atoms with E-state index in [1.807, 2.05) is 51.1 Å². The molecule has 0 saturated heterocycles. The Morgan fingerprint density at radius 2 is 0.780 bits per heavy atom. The van der Waals surface area contributed by atoms with Crippen LogP contribution in [0, 0.1) is 116 Å². The number of halogens is 10. The maximum atomic E-state index is 13.0. The van der Waals surface area contributed by atoms with Gasteiger partial charge in [-0.25, -0.2) is 44.3 Å². The van der Waals surface area contributed by atoms with E-state index in [1.165, 1.54) is 115 Å². The van der Waals surface area contributed by atoms with Crippen LogP contribution in [0.3, 0.4) is 0 Å². The fourth-order valence-electron chi connectivity index (χ4n) is 8.83. The Balaban J connectivity index is -0.000000415. The van der Waals surface area contributed by atoms with Gasteiger partial charge in [-0.1, -0.05) is 138 Å². The summed E-state index contributed by atoms with van der Waals surface area (Å²) in [5, 5.41) is 53.2. The molecule has 118 heavy (non-hydrogen) atoms. The van der Waals surface area contributed by atoms with Crippen LogP contribution < -0.4 is 0 Å². The van der Waals surface area contributed by atoms with Crippen LogP contribution in [0.15, 0.2) is 186 Å². The average molecular weight is 1760 g/mol. The van der Waals surface area contributed by atoms with Gasteiger partial charge in [0.2, 0.25) is 0 Å². The van der Waals surface area contributed by atoms with Gasteiger partial charge in [-0.15, -0.1) is 0 Å². The fraction of sp³-hybridized carbons (Fsp3) is 0.295. The molecule has 1 radical (unpaired) electrons. The van der Waals surface area contributed by atoms with Crippen LogP contribution >= 0.6 is 44.9 Å². The molecule has 0 aliphatic rings. The Hall–Kier alpha value is -9.92. The molecule has 0 unspecified atom stereocenters. The van der Waals surface area contributed by atoms with E-state index in [0.29, 0.717) is 97.4 Å². The second-order valence-corrected chi connectivity index (χ2v) is 26.3. The molecule has 0 spiro atoms. The van der Waals surface area contributed by atoms with Gasteiger partial charge in [-0.3, -0.25) is 4.57 Å². The number of hydrogen-bond acceptors (Lipinski definition) is 16. The van der Waals surface area contributed by atoms with Crippen molar-refractivity contribution in [2.45, 2.75) is 116 Å². The molecular weight excluding hydrogens is 1660 g/mol. The van der Waals surface area contributed by atoms with Crippen molar-refractivity contribution in [2.75, 3.05) is 60.5 Å². The molecule has 635 valence electrons. The van der Waals surface area contributed by atoms with Crippen LogP contribution in [0.1, 0.15) is 160 Å². The standard InChI is InChI=1S/C15H11F2N.C15H9F2N.C15H12F2O2.C12H15FNO3P.C8H5BrFN.C8H6FN.C6H15O3P.C4H10O2.5CH4.BHNS/c2*16-14-6-2-11(3-7-14)1-4-12-5-8-15(17)9-13(12)10-18;16-12-6-2-10(3-7-12)1-4-11-5-8-13(17)9-14(11)15(18)19;1-3-16-18(15,17-4-2)9-10-5-6-12(13)7-11(10)8-14;9-4-6-1-2-8(10)3-7(6)5-11;1-6-2-3-8(9)4-7(6)5-10;1-4-7-10(8-5-2)9-6-3;1-5-3-4-6-2;;;;;;1-2-3/h2-3,5-9H,1,4H2;1-9H;2-3,5-9H,1,4H2,(H,18,19);5-7H,3-4,9H2,1-2H3;1-3H,4H2;2-4H,1H3;4-6H2,1-3H3;3-4H2,1-2H3;5*1H4;3H/b;4-1+;;;;;;;;;;;;. The van der Waals surface area contributed by atoms with Crippen LogP contribution in [0.25, 0.3) is 12.2 Å². The number of carbonyl (C=O) groups is 1. The third-order valence-electron chi connectivity index (χ3n) is 14.2. The van der Waals surface area contributed by atoms with E-state index in [2.05, 4.69) is 50.2 Å². The number of nitrogens with zero attached hydrogens (tertiary/aromatic N) is 6. The van der Waals surface area contributed by atoms with Gasteiger partial charge in [-0.05, 0) is 226 Å². The zero-order chi connectivity index (χ0) is 84.5. The van der Waals surface area contributed by atoms with E-state index < -0.39 is 45.4 Å². The van der Waals surface area contributed by atoms with Gasteiger partial charge in [0.15, 0.2) is 0 Å². The van der Waals surface area contributed by atoms with Crippen molar-refractivity contribution in [3.8, 4) is 30.3 Å². The number of aromatic carboxylic acids is 1. The first-order valence-corrected chi connectivity index (χ1v) is 38.5. The summed E-state index contributed by atoms with van der Waals surface area (Å²) in [5.41, 5.74) is 8.34. The summed E-state index contributed by atoms with van der Waals surface area (Å²) in [6.45, 7) is 14.8. The SMILES string of the molecule is C.C.C.C.C.CCOP(=O)(Cc1ccc(F)cc1C#N)OCC.CCOP(OCC)OCC.COCCOC.Cc1ccc(F)cc1C#N.N#Cc1cc(F)ccc1/C=C/c1ccc(F)cc1.N#Cc1cc(F)ccc1CBr.N#Cc1cc(F)ccc1CCc1ccc(F)cc1.O=C(O)c1cc(F)ccc1CCc1ccc(F)cc1.[B]=NS. The zero-order valence-electron chi connectivity index (χ0n) is 63.2. The number of rotatable bonds is 25. The molecular formula is C88H104BBrF9N6O10P2S. The van der Waals surface area contributed by atoms with Crippen LogP contribution in [0.4, 0.5) is 39.5 Å². The molecule has 1 N–H and O–H groups in total. The number of aryl methyl sites for hydroxylation is 5. The van der Waals surface area contributed by atoms with Crippen molar-refractivity contribution in [3.63, 3.8) is 0 Å². The summed E-state index contributed by atoms with van der Waals surface area (Å²) in [5.74, 6) is -4.66. The molecule has 9 aromatic carbocycles. The Morgan fingerprint density at radius 3 is 1.15 bits per heavy atom. The quantitative estimate of drug-likeness (QED) is 0.0103. The molecule has 0 saturated carbocycles. The Labute approximate surface area is 707 Å². The van der Waals surface area contributed by atoms with Gasteiger partial charge in [0.1, 0.15) is 52.4 Å². The first-order valence-electron chi connectivity index (χ1n) is 34.2. The molecule has 0 aliphatic heterocycles. The van der Waals surface area contributed by atoms with Gasteiger partial charge in [0.05, 0.1) is 116 Å². The van der Waals surface area contributed by atoms with Crippen molar-refractivity contribution in [1.29, 1.82) is 26.3 Å². The van der Waals surface area contributed by atoms with Gasteiger partial charge in [0, 0.05) is 19.5 Å². The topological polar surface area (TPSA) is 250 Å². The van der Waals surface area contributed by atoms with Crippen LogP contribution in [0.2, 0.25) is 0 Å². The molecule has 0 aromatic heterocycles. The van der Waals surface area contributed by atoms with Crippen LogP contribution in [-0.2, 0) is 73.8 Å². The number of hydrogen-bond donors (Lipinski definition) is 2. The average Bonchev–Trinajstić information content (AvgIpc) is 0.830. The van der Waals surface area contributed by atoms with Crippen molar-refractivity contribution >= 4 is 70.7 Å². The fourth-order valence-corrected chi connectivity index (χ4v) is 11.9. The molecule has 0 atom stereocenters. The Morgan fingerprint density at radius 1 is 0.458 bits per heavy atom. The zero-order valence-corrected chi connectivity index (χ0v) is 67.4. The van der Waals surface area contributed by atoms with E-state index in [9.17, 15) is 48.9 Å². The third kappa shape index (κ3) is 49.3. The van der Waals surface area contributed by atoms with Gasteiger partial charge < -0.3 is 37.2 Å². The second kappa shape index (κ2) is 69.1. The number of carboxylic acid groups (broad SMARTS) is 1. The summed E-state index contributed by atoms with van der Waals surface area (Å²) in [4.78, 5) is 11.0. The van der Waals surface area contributed by atoms with Crippen molar-refractivity contribution < 1.29 is 86.1 Å². The molecule has 0 bridgehead atoms. The van der Waals surface area contributed by atoms with Crippen molar-refractivity contribution in [1.82, 2.24) is 0 Å². The molecule has 16 nitrogen and oxygen atoms in total. The summed E-state index contributed by atoms with van der Waals surface area (Å²) in [7, 11) is 3.31. The first kappa shape index (κ1) is 117. The third-order valence-corrected chi connectivity index (χ3v) is 18.3. The number of alkyl halides is 1. The Bertz CT molecular complexity index is 4620. The summed E-state index contributed by atoms with van der Waals surface area (Å²) in [6, 6.07) is 51.9. The minimum atomic E-state index is -3.27. The number of thiol groups is 1. The molecule has 30 heteroatoms. The molecule has 0 aliphatic carbocycles. The molecule has 9 aromatic rings. The predicted octanol–water partition coefficient (Wildman–Crippen LogP) is 25.1. The van der Waals surface area contributed by atoms with Gasteiger partial charge >= 0.3 is 46.9 Å². The number of nitriles is 5. The van der Waals surface area contributed by atoms with Crippen molar-refractivity contribution in [2.24, 2.45) is 4.30 Å². The summed E-state index contributed by atoms with van der Waals surface area (Å²) < 4.78 is 165. The van der Waals surface area contributed by atoms with Crippen LogP contribution in [-0.4, -0.2) is 79.2 Å². The van der Waals surface area contributed by atoms with E-state index >= 15 is 0 Å². The maximum absolute atomic E-state index is 13.0. The van der Waals surface area contributed by atoms with E-state index in [1.54, 1.807) is 102 Å². The molecule has 9 rings (SSSR count).